The third-order valence-corrected chi connectivity index (χ3v) is 3.47. The Labute approximate surface area is 83.1 Å². The van der Waals surface area contributed by atoms with E-state index >= 15 is 0 Å². The van der Waals surface area contributed by atoms with Crippen LogP contribution in [0.1, 0.15) is 25.7 Å². The van der Waals surface area contributed by atoms with Gasteiger partial charge < -0.3 is 9.47 Å². The number of hydrogen-bond donors (Lipinski definition) is 0. The highest BCUT2D eigenvalue weighted by atomic mass is 16.5. The fourth-order valence-electron chi connectivity index (χ4n) is 2.72. The fraction of sp³-hybridized carbons (Fsp3) is 0.727. The van der Waals surface area contributed by atoms with Crippen molar-refractivity contribution in [2.45, 2.75) is 37.9 Å². The minimum atomic E-state index is 0.127. The lowest BCUT2D eigenvalue weighted by Crippen LogP contribution is -2.26. The fourth-order valence-corrected chi connectivity index (χ4v) is 2.72. The van der Waals surface area contributed by atoms with E-state index in [2.05, 4.69) is 0 Å². The van der Waals surface area contributed by atoms with Crippen LogP contribution in [0.4, 0.5) is 0 Å². The summed E-state index contributed by atoms with van der Waals surface area (Å²) in [6, 6.07) is 0. The second-order valence-electron chi connectivity index (χ2n) is 4.34. The minimum Gasteiger partial charge on any atom is -0.500 e. The number of Topliss-reactive ketones (excluding diaryl/α,β-unsaturated/α-hetero) is 1. The number of ketones is 1. The molecule has 0 saturated carbocycles. The van der Waals surface area contributed by atoms with Crippen LogP contribution in [0.2, 0.25) is 0 Å². The van der Waals surface area contributed by atoms with Crippen LogP contribution in [0.5, 0.6) is 0 Å². The van der Waals surface area contributed by atoms with Crippen LogP contribution in [0, 0.1) is 5.92 Å². The minimum absolute atomic E-state index is 0.127. The lowest BCUT2D eigenvalue weighted by atomic mass is 9.83. The zero-order valence-electron chi connectivity index (χ0n) is 8.07. The molecule has 3 atom stereocenters. The maximum atomic E-state index is 12.0. The number of fused-ring (bicyclic) bond motifs is 2. The molecule has 0 aromatic rings. The molecule has 3 heterocycles. The maximum absolute atomic E-state index is 12.0. The Morgan fingerprint density at radius 3 is 2.93 bits per heavy atom. The van der Waals surface area contributed by atoms with Gasteiger partial charge in [0.2, 0.25) is 0 Å². The SMILES string of the molecule is O=C(C1=COCC1)C1CC2CCC1O2. The Balaban J connectivity index is 1.74. The first-order valence-corrected chi connectivity index (χ1v) is 5.35. The summed E-state index contributed by atoms with van der Waals surface area (Å²) in [6.07, 6.45) is 6.12. The summed E-state index contributed by atoms with van der Waals surface area (Å²) in [5.74, 6) is 0.399. The van der Waals surface area contributed by atoms with E-state index < -0.39 is 0 Å². The number of carbonyl (C=O) groups is 1. The third-order valence-electron chi connectivity index (χ3n) is 3.47. The maximum Gasteiger partial charge on any atom is 0.167 e. The molecular formula is C11H14O3. The van der Waals surface area contributed by atoms with E-state index in [0.717, 1.165) is 31.3 Å². The van der Waals surface area contributed by atoms with Gasteiger partial charge in [0, 0.05) is 12.0 Å². The first kappa shape index (κ1) is 8.48. The molecule has 0 amide bonds. The standard InChI is InChI=1S/C11H14O3/c12-11(7-3-4-13-6-7)9-5-8-1-2-10(9)14-8/h6,8-10H,1-5H2. The average Bonchev–Trinajstić information content (AvgIpc) is 2.93. The summed E-state index contributed by atoms with van der Waals surface area (Å²) in [7, 11) is 0. The van der Waals surface area contributed by atoms with Crippen molar-refractivity contribution in [3.63, 3.8) is 0 Å². The Hall–Kier alpha value is -0.830. The number of ether oxygens (including phenoxy) is 2. The van der Waals surface area contributed by atoms with Crippen molar-refractivity contribution in [1.29, 1.82) is 0 Å². The van der Waals surface area contributed by atoms with Crippen molar-refractivity contribution in [2.75, 3.05) is 6.61 Å². The monoisotopic (exact) mass is 194 g/mol. The zero-order valence-corrected chi connectivity index (χ0v) is 8.07. The molecule has 3 nitrogen and oxygen atoms in total. The van der Waals surface area contributed by atoms with Gasteiger partial charge in [-0.2, -0.15) is 0 Å². The topological polar surface area (TPSA) is 35.5 Å². The molecule has 3 unspecified atom stereocenters. The van der Waals surface area contributed by atoms with E-state index in [4.69, 9.17) is 9.47 Å². The highest BCUT2D eigenvalue weighted by Gasteiger charge is 2.45. The lowest BCUT2D eigenvalue weighted by molar-refractivity contribution is -0.120. The molecule has 2 fully saturated rings. The van der Waals surface area contributed by atoms with Gasteiger partial charge in [0.05, 0.1) is 31.0 Å². The molecule has 0 aromatic carbocycles. The Morgan fingerprint density at radius 1 is 1.43 bits per heavy atom. The first-order valence-electron chi connectivity index (χ1n) is 5.35. The summed E-state index contributed by atoms with van der Waals surface area (Å²) in [5.41, 5.74) is 0.867. The highest BCUT2D eigenvalue weighted by molar-refractivity contribution is 5.97. The van der Waals surface area contributed by atoms with Crippen LogP contribution in [-0.2, 0) is 14.3 Å². The van der Waals surface area contributed by atoms with Gasteiger partial charge in [0.25, 0.3) is 0 Å². The Kier molecular flexibility index (Phi) is 1.87. The lowest BCUT2D eigenvalue weighted by Gasteiger charge is -2.16. The summed E-state index contributed by atoms with van der Waals surface area (Å²) >= 11 is 0. The van der Waals surface area contributed by atoms with E-state index in [0.29, 0.717) is 12.7 Å². The van der Waals surface area contributed by atoms with Crippen molar-refractivity contribution in [3.8, 4) is 0 Å². The largest absolute Gasteiger partial charge is 0.500 e. The smallest absolute Gasteiger partial charge is 0.167 e. The van der Waals surface area contributed by atoms with Crippen molar-refractivity contribution in [1.82, 2.24) is 0 Å². The molecule has 3 heteroatoms. The highest BCUT2D eigenvalue weighted by Crippen LogP contribution is 2.40. The van der Waals surface area contributed by atoms with Crippen LogP contribution in [0.15, 0.2) is 11.8 Å². The average molecular weight is 194 g/mol. The van der Waals surface area contributed by atoms with Crippen molar-refractivity contribution < 1.29 is 14.3 Å². The molecule has 14 heavy (non-hydrogen) atoms. The van der Waals surface area contributed by atoms with Gasteiger partial charge in [-0.05, 0) is 19.3 Å². The predicted octanol–water partition coefficient (Wildman–Crippen LogP) is 1.43. The van der Waals surface area contributed by atoms with Gasteiger partial charge in [0.1, 0.15) is 0 Å². The second kappa shape index (κ2) is 3.09. The van der Waals surface area contributed by atoms with Crippen molar-refractivity contribution in [3.05, 3.63) is 11.8 Å². The summed E-state index contributed by atoms with van der Waals surface area (Å²) in [5, 5.41) is 0. The molecule has 0 N–H and O–H groups in total. The van der Waals surface area contributed by atoms with Crippen molar-refractivity contribution in [2.24, 2.45) is 5.92 Å². The molecular weight excluding hydrogens is 180 g/mol. The van der Waals surface area contributed by atoms with E-state index in [1.165, 1.54) is 0 Å². The first-order chi connectivity index (χ1) is 6.84. The molecule has 0 radical (unpaired) electrons. The summed E-state index contributed by atoms with van der Waals surface area (Å²) in [6.45, 7) is 0.669. The van der Waals surface area contributed by atoms with Crippen LogP contribution in [0.3, 0.4) is 0 Å². The summed E-state index contributed by atoms with van der Waals surface area (Å²) < 4.78 is 10.8. The molecule has 0 aliphatic carbocycles. The number of carbonyl (C=O) groups excluding carboxylic acids is 1. The molecule has 3 aliphatic heterocycles. The molecule has 3 rings (SSSR count). The van der Waals surface area contributed by atoms with Gasteiger partial charge in [-0.25, -0.2) is 0 Å². The van der Waals surface area contributed by atoms with Gasteiger partial charge in [-0.15, -0.1) is 0 Å². The molecule has 3 aliphatic rings. The normalized spacial score (nSPS) is 39.7. The van der Waals surface area contributed by atoms with Crippen LogP contribution < -0.4 is 0 Å². The van der Waals surface area contributed by atoms with E-state index in [-0.39, 0.29) is 17.8 Å². The van der Waals surface area contributed by atoms with Gasteiger partial charge in [0.15, 0.2) is 5.78 Å². The van der Waals surface area contributed by atoms with Crippen LogP contribution in [-0.4, -0.2) is 24.6 Å². The summed E-state index contributed by atoms with van der Waals surface area (Å²) in [4.78, 5) is 12.0. The van der Waals surface area contributed by atoms with Gasteiger partial charge >= 0.3 is 0 Å². The van der Waals surface area contributed by atoms with Crippen LogP contribution >= 0.6 is 0 Å². The van der Waals surface area contributed by atoms with E-state index in [1.54, 1.807) is 6.26 Å². The van der Waals surface area contributed by atoms with Gasteiger partial charge in [-0.1, -0.05) is 0 Å². The second-order valence-corrected chi connectivity index (χ2v) is 4.34. The van der Waals surface area contributed by atoms with Crippen LogP contribution in [0.25, 0.3) is 0 Å². The van der Waals surface area contributed by atoms with Gasteiger partial charge in [-0.3, -0.25) is 4.79 Å². The Bertz CT molecular complexity index is 295. The predicted molar refractivity (Wildman–Crippen MR) is 49.7 cm³/mol. The molecule has 0 aromatic heterocycles. The van der Waals surface area contributed by atoms with E-state index in [1.807, 2.05) is 0 Å². The number of hydrogen-bond acceptors (Lipinski definition) is 3. The number of rotatable bonds is 2. The Morgan fingerprint density at radius 2 is 2.36 bits per heavy atom. The molecule has 76 valence electrons. The third kappa shape index (κ3) is 1.19. The molecule has 0 spiro atoms. The van der Waals surface area contributed by atoms with E-state index in [9.17, 15) is 4.79 Å². The molecule has 2 saturated heterocycles. The molecule has 2 bridgehead atoms. The quantitative estimate of drug-likeness (QED) is 0.667. The zero-order chi connectivity index (χ0) is 9.54. The van der Waals surface area contributed by atoms with Crippen molar-refractivity contribution >= 4 is 5.78 Å².